The maximum Gasteiger partial charge on any atom is 0.145 e. The van der Waals surface area contributed by atoms with E-state index in [2.05, 4.69) is 50.6 Å². The zero-order valence-corrected chi connectivity index (χ0v) is 22.1. The Labute approximate surface area is 199 Å². The molecule has 2 aromatic carbocycles. The van der Waals surface area contributed by atoms with Gasteiger partial charge < -0.3 is 0 Å². The minimum atomic E-state index is -0.326. The topological polar surface area (TPSA) is 34.1 Å². The molecule has 2 nitrogen and oxygen atoms in total. The van der Waals surface area contributed by atoms with Crippen LogP contribution >= 0.6 is 31.9 Å². The Hall–Kier alpha value is -1.52. The molecular formula is C26H34Br2O2. The summed E-state index contributed by atoms with van der Waals surface area (Å²) < 4.78 is -0.326. The fourth-order valence-electron chi connectivity index (χ4n) is 1.96. The Morgan fingerprint density at radius 3 is 1.60 bits per heavy atom. The van der Waals surface area contributed by atoms with E-state index in [1.807, 2.05) is 82.3 Å². The highest BCUT2D eigenvalue weighted by Gasteiger charge is 2.27. The second-order valence-electron chi connectivity index (χ2n) is 8.17. The number of Topliss-reactive ketones (excluding diaryl/α,β-unsaturated/α-hetero) is 2. The second kappa shape index (κ2) is 13.7. The van der Waals surface area contributed by atoms with E-state index >= 15 is 0 Å². The van der Waals surface area contributed by atoms with Crippen LogP contribution in [0.25, 0.3) is 6.08 Å². The molecule has 0 heterocycles. The van der Waals surface area contributed by atoms with Crippen LogP contribution in [0.1, 0.15) is 63.9 Å². The first kappa shape index (κ1) is 28.5. The first-order chi connectivity index (χ1) is 13.8. The summed E-state index contributed by atoms with van der Waals surface area (Å²) in [4.78, 5) is 22.1. The first-order valence-corrected chi connectivity index (χ1v) is 11.6. The molecule has 2 aromatic rings. The summed E-state index contributed by atoms with van der Waals surface area (Å²) in [5.74, 6) is 0.399. The molecule has 0 spiro atoms. The van der Waals surface area contributed by atoms with Crippen molar-refractivity contribution >= 4 is 49.5 Å². The first-order valence-electron chi connectivity index (χ1n) is 9.88. The van der Waals surface area contributed by atoms with Crippen LogP contribution in [-0.2, 0) is 9.59 Å². The predicted molar refractivity (Wildman–Crippen MR) is 137 cm³/mol. The summed E-state index contributed by atoms with van der Waals surface area (Å²) >= 11 is 6.83. The standard InChI is InChI=1S/C13H17BrO.C8H8.C5H9BrO/c1-10(15)13(2,3)9-12(14)11-7-5-4-6-8-11;1-2-8-6-4-3-5-7-8;1-4(7)5(2,3)6/h4-8,12H,9H2,1-3H3;2-7H,1H2;1-3H3. The van der Waals surface area contributed by atoms with Gasteiger partial charge in [0.25, 0.3) is 0 Å². The van der Waals surface area contributed by atoms with Gasteiger partial charge in [-0.15, -0.1) is 0 Å². The van der Waals surface area contributed by atoms with Gasteiger partial charge in [0, 0.05) is 10.2 Å². The molecule has 0 bridgehead atoms. The number of hydrogen-bond donors (Lipinski definition) is 0. The van der Waals surface area contributed by atoms with Crippen molar-refractivity contribution in [3.05, 3.63) is 78.4 Å². The molecule has 4 heteroatoms. The van der Waals surface area contributed by atoms with Crippen LogP contribution < -0.4 is 0 Å². The fraction of sp³-hybridized carbons (Fsp3) is 0.385. The van der Waals surface area contributed by atoms with Crippen LogP contribution in [0.4, 0.5) is 0 Å². The van der Waals surface area contributed by atoms with E-state index in [0.29, 0.717) is 0 Å². The maximum absolute atomic E-state index is 11.4. The van der Waals surface area contributed by atoms with E-state index in [-0.39, 0.29) is 26.1 Å². The minimum absolute atomic E-state index is 0.160. The van der Waals surface area contributed by atoms with Crippen molar-refractivity contribution in [2.75, 3.05) is 0 Å². The SMILES string of the molecule is C=Cc1ccccc1.CC(=O)C(C)(C)Br.CC(=O)C(C)(C)CC(Br)c1ccccc1. The zero-order chi connectivity index (χ0) is 23.4. The van der Waals surface area contributed by atoms with Crippen molar-refractivity contribution in [1.29, 1.82) is 0 Å². The quantitative estimate of drug-likeness (QED) is 0.348. The third-order valence-corrected chi connectivity index (χ3v) is 6.09. The van der Waals surface area contributed by atoms with Gasteiger partial charge in [-0.25, -0.2) is 0 Å². The third kappa shape index (κ3) is 12.2. The Balaban J connectivity index is 0.000000471. The maximum atomic E-state index is 11.4. The van der Waals surface area contributed by atoms with Crippen LogP contribution in [0.15, 0.2) is 67.2 Å². The normalized spacial score (nSPS) is 11.7. The number of ketones is 2. The minimum Gasteiger partial charge on any atom is -0.299 e. The fourth-order valence-corrected chi connectivity index (χ4v) is 3.08. The molecule has 1 atom stereocenters. The molecule has 164 valence electrons. The molecule has 30 heavy (non-hydrogen) atoms. The van der Waals surface area contributed by atoms with E-state index < -0.39 is 0 Å². The largest absolute Gasteiger partial charge is 0.299 e. The van der Waals surface area contributed by atoms with E-state index in [0.717, 1.165) is 6.42 Å². The highest BCUT2D eigenvalue weighted by atomic mass is 79.9. The lowest BCUT2D eigenvalue weighted by Crippen LogP contribution is -2.22. The summed E-state index contributed by atoms with van der Waals surface area (Å²) in [6.07, 6.45) is 2.66. The highest BCUT2D eigenvalue weighted by molar-refractivity contribution is 9.10. The zero-order valence-electron chi connectivity index (χ0n) is 18.9. The lowest BCUT2D eigenvalue weighted by Gasteiger charge is -2.24. The Morgan fingerprint density at radius 1 is 0.900 bits per heavy atom. The van der Waals surface area contributed by atoms with Gasteiger partial charge in [0.1, 0.15) is 11.6 Å². The average molecular weight is 538 g/mol. The lowest BCUT2D eigenvalue weighted by molar-refractivity contribution is -0.125. The molecule has 0 aliphatic heterocycles. The van der Waals surface area contributed by atoms with Gasteiger partial charge in [0.05, 0.1) is 4.32 Å². The Morgan fingerprint density at radius 2 is 1.30 bits per heavy atom. The summed E-state index contributed by atoms with van der Waals surface area (Å²) in [6, 6.07) is 20.2. The van der Waals surface area contributed by atoms with E-state index in [9.17, 15) is 9.59 Å². The highest BCUT2D eigenvalue weighted by Crippen LogP contribution is 2.36. The second-order valence-corrected chi connectivity index (χ2v) is 11.3. The molecule has 1 unspecified atom stereocenters. The van der Waals surface area contributed by atoms with Crippen molar-refractivity contribution in [1.82, 2.24) is 0 Å². The summed E-state index contributed by atoms with van der Waals surface area (Å²) in [5, 5.41) is 0. The molecule has 0 N–H and O–H groups in total. The van der Waals surface area contributed by atoms with Crippen molar-refractivity contribution in [2.45, 2.75) is 57.1 Å². The van der Waals surface area contributed by atoms with Crippen molar-refractivity contribution in [3.8, 4) is 0 Å². The van der Waals surface area contributed by atoms with Crippen LogP contribution in [0.5, 0.6) is 0 Å². The summed E-state index contributed by atoms with van der Waals surface area (Å²) in [6.45, 7) is 14.5. The van der Waals surface area contributed by atoms with Crippen LogP contribution in [0.2, 0.25) is 0 Å². The van der Waals surface area contributed by atoms with Crippen molar-refractivity contribution in [3.63, 3.8) is 0 Å². The molecule has 0 amide bonds. The predicted octanol–water partition coefficient (Wildman–Crippen LogP) is 8.21. The summed E-state index contributed by atoms with van der Waals surface area (Å²) in [7, 11) is 0. The molecule has 0 aromatic heterocycles. The van der Waals surface area contributed by atoms with Crippen LogP contribution in [-0.4, -0.2) is 15.9 Å². The third-order valence-electron chi connectivity index (χ3n) is 4.68. The Bertz CT molecular complexity index is 776. The monoisotopic (exact) mass is 536 g/mol. The van der Waals surface area contributed by atoms with Gasteiger partial charge in [0.2, 0.25) is 0 Å². The number of hydrogen-bond acceptors (Lipinski definition) is 2. The van der Waals surface area contributed by atoms with Crippen LogP contribution in [0.3, 0.4) is 0 Å². The summed E-state index contributed by atoms with van der Waals surface area (Å²) in [5.41, 5.74) is 2.14. The van der Waals surface area contributed by atoms with E-state index in [1.165, 1.54) is 11.1 Å². The number of benzene rings is 2. The number of carbonyl (C=O) groups excluding carboxylic acids is 2. The van der Waals surface area contributed by atoms with Gasteiger partial charge in [-0.3, -0.25) is 9.59 Å². The molecular weight excluding hydrogens is 504 g/mol. The van der Waals surface area contributed by atoms with Gasteiger partial charge in [-0.2, -0.15) is 0 Å². The molecule has 2 rings (SSSR count). The van der Waals surface area contributed by atoms with Crippen LogP contribution in [0, 0.1) is 5.41 Å². The molecule has 0 fully saturated rings. The molecule has 0 saturated heterocycles. The smallest absolute Gasteiger partial charge is 0.145 e. The molecule has 0 aliphatic rings. The average Bonchev–Trinajstić information content (AvgIpc) is 2.69. The molecule has 0 radical (unpaired) electrons. The van der Waals surface area contributed by atoms with Gasteiger partial charge >= 0.3 is 0 Å². The van der Waals surface area contributed by atoms with Crippen molar-refractivity contribution in [2.24, 2.45) is 5.41 Å². The lowest BCUT2D eigenvalue weighted by atomic mass is 9.83. The number of alkyl halides is 2. The number of halogens is 2. The molecule has 0 aliphatic carbocycles. The van der Waals surface area contributed by atoms with Gasteiger partial charge in [0.15, 0.2) is 0 Å². The Kier molecular flexibility index (Phi) is 13.0. The molecule has 0 saturated carbocycles. The van der Waals surface area contributed by atoms with E-state index in [4.69, 9.17) is 0 Å². The number of rotatable bonds is 6. The van der Waals surface area contributed by atoms with E-state index in [1.54, 1.807) is 13.8 Å². The van der Waals surface area contributed by atoms with Gasteiger partial charge in [-0.05, 0) is 45.2 Å². The van der Waals surface area contributed by atoms with Gasteiger partial charge in [-0.1, -0.05) is 119 Å². The number of carbonyl (C=O) groups is 2. The van der Waals surface area contributed by atoms with Crippen molar-refractivity contribution < 1.29 is 9.59 Å².